The summed E-state index contributed by atoms with van der Waals surface area (Å²) in [5, 5.41) is 0. The molecule has 1 aliphatic heterocycles. The first-order valence-corrected chi connectivity index (χ1v) is 9.00. The van der Waals surface area contributed by atoms with Crippen LogP contribution in [0.4, 0.5) is 4.39 Å². The Bertz CT molecular complexity index is 559. The van der Waals surface area contributed by atoms with Gasteiger partial charge in [0.1, 0.15) is 10.7 Å². The summed E-state index contributed by atoms with van der Waals surface area (Å²) in [6.07, 6.45) is 0.807. The second-order valence-electron chi connectivity index (χ2n) is 4.44. The summed E-state index contributed by atoms with van der Waals surface area (Å²) >= 11 is 7.32. The van der Waals surface area contributed by atoms with Crippen LogP contribution in [0, 0.1) is 5.82 Å². The summed E-state index contributed by atoms with van der Waals surface area (Å²) < 4.78 is 40.0. The maximum Gasteiger partial charge on any atom is 0.246 e. The first-order valence-electron chi connectivity index (χ1n) is 5.87. The molecule has 0 spiro atoms. The molecule has 0 saturated carbocycles. The van der Waals surface area contributed by atoms with Gasteiger partial charge in [-0.25, -0.2) is 12.8 Å². The molecule has 106 valence electrons. The molecule has 1 fully saturated rings. The Balaban J connectivity index is 2.33. The lowest BCUT2D eigenvalue weighted by molar-refractivity contribution is 0.392. The van der Waals surface area contributed by atoms with Gasteiger partial charge in [-0.3, -0.25) is 0 Å². The second kappa shape index (κ2) is 5.99. The second-order valence-corrected chi connectivity index (χ2v) is 7.82. The minimum Gasteiger partial charge on any atom is -0.207 e. The van der Waals surface area contributed by atoms with E-state index < -0.39 is 15.8 Å². The van der Waals surface area contributed by atoms with Crippen molar-refractivity contribution in [3.63, 3.8) is 0 Å². The van der Waals surface area contributed by atoms with Gasteiger partial charge in [-0.2, -0.15) is 16.1 Å². The third-order valence-electron chi connectivity index (χ3n) is 3.23. The molecular weight excluding hydrogens is 309 g/mol. The average molecular weight is 324 g/mol. The number of halogens is 2. The zero-order valence-corrected chi connectivity index (χ0v) is 12.9. The van der Waals surface area contributed by atoms with Crippen molar-refractivity contribution in [2.45, 2.75) is 23.2 Å². The summed E-state index contributed by atoms with van der Waals surface area (Å²) in [4.78, 5) is -0.277. The van der Waals surface area contributed by atoms with E-state index >= 15 is 0 Å². The number of hydrogen-bond acceptors (Lipinski definition) is 3. The van der Waals surface area contributed by atoms with E-state index in [1.165, 1.54) is 23.5 Å². The number of benzene rings is 1. The predicted molar refractivity (Wildman–Crippen MR) is 76.6 cm³/mol. The van der Waals surface area contributed by atoms with E-state index in [4.69, 9.17) is 11.6 Å². The highest BCUT2D eigenvalue weighted by Gasteiger charge is 2.32. The molecule has 0 amide bonds. The van der Waals surface area contributed by atoms with Crippen molar-refractivity contribution in [3.05, 3.63) is 29.6 Å². The number of nitrogens with zero attached hydrogens (tertiary/aromatic N) is 1. The van der Waals surface area contributed by atoms with E-state index in [0.29, 0.717) is 5.56 Å². The van der Waals surface area contributed by atoms with Crippen LogP contribution in [-0.4, -0.2) is 37.3 Å². The Morgan fingerprint density at radius 1 is 1.53 bits per heavy atom. The van der Waals surface area contributed by atoms with Crippen molar-refractivity contribution in [1.82, 2.24) is 4.31 Å². The lowest BCUT2D eigenvalue weighted by atomic mass is 10.2. The fourth-order valence-electron chi connectivity index (χ4n) is 2.00. The van der Waals surface area contributed by atoms with Gasteiger partial charge in [0.25, 0.3) is 0 Å². The minimum absolute atomic E-state index is 0.0536. The first-order chi connectivity index (χ1) is 8.96. The molecular formula is C12H15ClFNO2S2. The van der Waals surface area contributed by atoms with Crippen LogP contribution >= 0.6 is 23.4 Å². The van der Waals surface area contributed by atoms with Crippen LogP contribution in [-0.2, 0) is 15.9 Å². The minimum atomic E-state index is -3.78. The highest BCUT2D eigenvalue weighted by atomic mass is 35.5. The van der Waals surface area contributed by atoms with Gasteiger partial charge in [-0.15, -0.1) is 11.6 Å². The van der Waals surface area contributed by atoms with Crippen molar-refractivity contribution in [2.24, 2.45) is 0 Å². The van der Waals surface area contributed by atoms with Crippen LogP contribution in [0.5, 0.6) is 0 Å². The van der Waals surface area contributed by atoms with Gasteiger partial charge in [0.2, 0.25) is 10.0 Å². The number of sulfonamides is 1. The topological polar surface area (TPSA) is 37.4 Å². The Labute approximate surface area is 122 Å². The molecule has 1 heterocycles. The smallest absolute Gasteiger partial charge is 0.207 e. The number of rotatable bonds is 4. The van der Waals surface area contributed by atoms with E-state index in [9.17, 15) is 12.8 Å². The Kier molecular flexibility index (Phi) is 4.76. The van der Waals surface area contributed by atoms with Gasteiger partial charge in [-0.05, 0) is 29.9 Å². The number of thioether (sulfide) groups is 1. The van der Waals surface area contributed by atoms with E-state index in [0.717, 1.165) is 17.9 Å². The van der Waals surface area contributed by atoms with Gasteiger partial charge in [0.15, 0.2) is 0 Å². The van der Waals surface area contributed by atoms with Crippen molar-refractivity contribution >= 4 is 33.4 Å². The quantitative estimate of drug-likeness (QED) is 0.800. The Hall–Kier alpha value is -0.300. The van der Waals surface area contributed by atoms with Crippen molar-refractivity contribution in [3.8, 4) is 0 Å². The van der Waals surface area contributed by atoms with Gasteiger partial charge >= 0.3 is 0 Å². The zero-order chi connectivity index (χ0) is 14.0. The van der Waals surface area contributed by atoms with Gasteiger partial charge in [0, 0.05) is 24.7 Å². The molecule has 1 aromatic carbocycles. The fraction of sp³-hybridized carbons (Fsp3) is 0.500. The molecule has 1 aliphatic rings. The monoisotopic (exact) mass is 323 g/mol. The average Bonchev–Trinajstić information content (AvgIpc) is 2.90. The molecule has 0 aromatic heterocycles. The van der Waals surface area contributed by atoms with Crippen LogP contribution in [0.15, 0.2) is 23.1 Å². The van der Waals surface area contributed by atoms with E-state index in [-0.39, 0.29) is 16.8 Å². The molecule has 19 heavy (non-hydrogen) atoms. The van der Waals surface area contributed by atoms with E-state index in [2.05, 4.69) is 0 Å². The van der Waals surface area contributed by atoms with Crippen LogP contribution in [0.3, 0.4) is 0 Å². The summed E-state index contributed by atoms with van der Waals surface area (Å²) in [6, 6.07) is 3.96. The molecule has 1 aromatic rings. The third-order valence-corrected chi connectivity index (χ3v) is 6.62. The van der Waals surface area contributed by atoms with Crippen LogP contribution < -0.4 is 0 Å². The summed E-state index contributed by atoms with van der Waals surface area (Å²) in [7, 11) is -2.26. The predicted octanol–water partition coefficient (Wildman–Crippen LogP) is 2.69. The summed E-state index contributed by atoms with van der Waals surface area (Å²) in [5.74, 6) is 1.12. The molecule has 1 saturated heterocycles. The largest absolute Gasteiger partial charge is 0.246 e. The van der Waals surface area contributed by atoms with Crippen molar-refractivity contribution in [1.29, 1.82) is 0 Å². The molecule has 0 bridgehead atoms. The van der Waals surface area contributed by atoms with Crippen LogP contribution in [0.1, 0.15) is 12.0 Å². The molecule has 1 atom stereocenters. The lowest BCUT2D eigenvalue weighted by Gasteiger charge is -2.23. The van der Waals surface area contributed by atoms with Crippen LogP contribution in [0.2, 0.25) is 0 Å². The van der Waals surface area contributed by atoms with Gasteiger partial charge in [-0.1, -0.05) is 6.07 Å². The fourth-order valence-corrected chi connectivity index (χ4v) is 4.95. The molecule has 0 aliphatic carbocycles. The normalized spacial score (nSPS) is 20.1. The first kappa shape index (κ1) is 15.1. The zero-order valence-electron chi connectivity index (χ0n) is 10.5. The standard InChI is InChI=1S/C12H15ClFNO2S2/c1-15(10-4-5-18-8-10)19(16,17)12-3-2-9(7-13)6-11(12)14/h2-3,6,10H,4-5,7-8H2,1H3. The van der Waals surface area contributed by atoms with Crippen LogP contribution in [0.25, 0.3) is 0 Å². The number of alkyl halides is 1. The van der Waals surface area contributed by atoms with Crippen molar-refractivity contribution < 1.29 is 12.8 Å². The van der Waals surface area contributed by atoms with Gasteiger partial charge in [0.05, 0.1) is 0 Å². The molecule has 1 unspecified atom stereocenters. The summed E-state index contributed by atoms with van der Waals surface area (Å²) in [6.45, 7) is 0. The SMILES string of the molecule is CN(C1CCSC1)S(=O)(=O)c1ccc(CCl)cc1F. The van der Waals surface area contributed by atoms with E-state index in [1.807, 2.05) is 0 Å². The molecule has 0 radical (unpaired) electrons. The Morgan fingerprint density at radius 2 is 2.26 bits per heavy atom. The van der Waals surface area contributed by atoms with E-state index in [1.54, 1.807) is 17.8 Å². The highest BCUT2D eigenvalue weighted by molar-refractivity contribution is 7.99. The number of hydrogen-bond donors (Lipinski definition) is 0. The Morgan fingerprint density at radius 3 is 2.79 bits per heavy atom. The molecule has 0 N–H and O–H groups in total. The lowest BCUT2D eigenvalue weighted by Crippen LogP contribution is -2.37. The maximum absolute atomic E-state index is 13.9. The molecule has 3 nitrogen and oxygen atoms in total. The van der Waals surface area contributed by atoms with Crippen molar-refractivity contribution in [2.75, 3.05) is 18.6 Å². The summed E-state index contributed by atoms with van der Waals surface area (Å²) in [5.41, 5.74) is 0.567. The third kappa shape index (κ3) is 3.07. The molecule has 2 rings (SSSR count). The maximum atomic E-state index is 13.9. The molecule has 7 heteroatoms. The van der Waals surface area contributed by atoms with Gasteiger partial charge < -0.3 is 0 Å². The highest BCUT2D eigenvalue weighted by Crippen LogP contribution is 2.27.